The van der Waals surface area contributed by atoms with Crippen LogP contribution in [0.1, 0.15) is 27.7 Å². The molecule has 0 bridgehead atoms. The van der Waals surface area contributed by atoms with E-state index in [0.29, 0.717) is 7.48 Å². The maximum atomic E-state index is 10.7. The van der Waals surface area contributed by atoms with E-state index >= 15 is 0 Å². The second kappa shape index (κ2) is 12.3. The summed E-state index contributed by atoms with van der Waals surface area (Å²) in [5.74, 6) is 0. The lowest BCUT2D eigenvalue weighted by Crippen LogP contribution is -2.49. The molecular formula is C42H38BNO3. The summed E-state index contributed by atoms with van der Waals surface area (Å²) in [6.07, 6.45) is 0. The van der Waals surface area contributed by atoms with Gasteiger partial charge < -0.3 is 19.1 Å². The molecule has 0 radical (unpaired) electrons. The van der Waals surface area contributed by atoms with Gasteiger partial charge in [0.05, 0.1) is 11.2 Å². The lowest BCUT2D eigenvalue weighted by Gasteiger charge is -2.37. The molecule has 0 atom stereocenters. The number of hydrogen-bond donors (Lipinski definition) is 1. The van der Waals surface area contributed by atoms with Gasteiger partial charge in [-0.3, -0.25) is 0 Å². The predicted molar refractivity (Wildman–Crippen MR) is 198 cm³/mol. The van der Waals surface area contributed by atoms with Crippen LogP contribution in [0.25, 0.3) is 44.2 Å². The van der Waals surface area contributed by atoms with E-state index in [1.807, 2.05) is 44.2 Å². The molecule has 0 fully saturated rings. The Morgan fingerprint density at radius 1 is 0.574 bits per heavy atom. The summed E-state index contributed by atoms with van der Waals surface area (Å²) in [6.45, 7) is 7.37. The maximum Gasteiger partial charge on any atom is 0.313 e. The molecule has 0 saturated carbocycles. The second-order valence-electron chi connectivity index (χ2n) is 13.1. The number of aliphatic hydroxyl groups is 1. The first-order valence-corrected chi connectivity index (χ1v) is 16.1. The smallest absolute Gasteiger partial charge is 0.313 e. The van der Waals surface area contributed by atoms with Crippen molar-refractivity contribution in [2.75, 3.05) is 4.90 Å². The minimum absolute atomic E-state index is 0.321. The standard InChI is InChI=1S/C42H38BNO3/c1-41(2,45)42(3,4)47-43-37-28-27-35(39-36-17-11-12-18-38(36)46-40(37)39)31-21-25-34(26-22-31)44(32-15-9-6-10-16-32)33-23-19-30(20-24-33)29-13-7-5-8-14-29/h5-28,43,45H,1-4H3. The summed E-state index contributed by atoms with van der Waals surface area (Å²) in [4.78, 5) is 2.28. The summed E-state index contributed by atoms with van der Waals surface area (Å²) in [5.41, 5.74) is 8.68. The van der Waals surface area contributed by atoms with Crippen molar-refractivity contribution in [3.63, 3.8) is 0 Å². The Morgan fingerprint density at radius 2 is 1.11 bits per heavy atom. The second-order valence-corrected chi connectivity index (χ2v) is 13.1. The molecule has 0 aliphatic carbocycles. The Morgan fingerprint density at radius 3 is 1.74 bits per heavy atom. The Hall–Kier alpha value is -5.10. The van der Waals surface area contributed by atoms with Crippen LogP contribution in [0, 0.1) is 0 Å². The van der Waals surface area contributed by atoms with Crippen molar-refractivity contribution in [3.05, 3.63) is 146 Å². The molecular weight excluding hydrogens is 577 g/mol. The van der Waals surface area contributed by atoms with Gasteiger partial charge in [-0.05, 0) is 97.9 Å². The zero-order valence-corrected chi connectivity index (χ0v) is 27.3. The molecule has 0 aliphatic heterocycles. The number of rotatable bonds is 9. The van der Waals surface area contributed by atoms with Crippen molar-refractivity contribution in [3.8, 4) is 22.3 Å². The fourth-order valence-corrected chi connectivity index (χ4v) is 5.92. The number of benzene rings is 6. The fourth-order valence-electron chi connectivity index (χ4n) is 5.92. The van der Waals surface area contributed by atoms with Crippen molar-refractivity contribution < 1.29 is 14.2 Å². The Kier molecular flexibility index (Phi) is 7.97. The van der Waals surface area contributed by atoms with E-state index in [1.54, 1.807) is 13.8 Å². The summed E-state index contributed by atoms with van der Waals surface area (Å²) >= 11 is 0. The van der Waals surface area contributed by atoms with E-state index in [0.717, 1.165) is 55.6 Å². The lowest BCUT2D eigenvalue weighted by atomic mass is 9.81. The van der Waals surface area contributed by atoms with Crippen molar-refractivity contribution in [1.29, 1.82) is 0 Å². The van der Waals surface area contributed by atoms with Crippen LogP contribution < -0.4 is 10.4 Å². The normalized spacial score (nSPS) is 12.0. The van der Waals surface area contributed by atoms with Crippen LogP contribution >= 0.6 is 0 Å². The van der Waals surface area contributed by atoms with Gasteiger partial charge >= 0.3 is 7.48 Å². The molecule has 0 aliphatic rings. The molecule has 1 aromatic heterocycles. The highest BCUT2D eigenvalue weighted by molar-refractivity contribution is 6.51. The molecule has 232 valence electrons. The molecule has 7 aromatic rings. The number of hydrogen-bond acceptors (Lipinski definition) is 4. The lowest BCUT2D eigenvalue weighted by molar-refractivity contribution is -0.0893. The molecule has 6 aromatic carbocycles. The highest BCUT2D eigenvalue weighted by Crippen LogP contribution is 2.39. The van der Waals surface area contributed by atoms with Crippen LogP contribution in [-0.4, -0.2) is 23.8 Å². The first kappa shape index (κ1) is 30.6. The van der Waals surface area contributed by atoms with Crippen molar-refractivity contribution in [2.24, 2.45) is 0 Å². The Balaban J connectivity index is 1.27. The first-order chi connectivity index (χ1) is 22.7. The van der Waals surface area contributed by atoms with E-state index in [1.165, 1.54) is 11.1 Å². The van der Waals surface area contributed by atoms with Crippen LogP contribution in [0.4, 0.5) is 17.1 Å². The quantitative estimate of drug-likeness (QED) is 0.164. The summed E-state index contributed by atoms with van der Waals surface area (Å²) in [6, 6.07) is 50.8. The minimum Gasteiger partial charge on any atom is -0.457 e. The third-order valence-corrected chi connectivity index (χ3v) is 9.35. The average molecular weight is 616 g/mol. The molecule has 1 N–H and O–H groups in total. The van der Waals surface area contributed by atoms with Gasteiger partial charge in [-0.15, -0.1) is 0 Å². The van der Waals surface area contributed by atoms with Crippen molar-refractivity contribution >= 4 is 51.9 Å². The van der Waals surface area contributed by atoms with Gasteiger partial charge in [0.2, 0.25) is 0 Å². The van der Waals surface area contributed by atoms with Gasteiger partial charge in [-0.1, -0.05) is 103 Å². The highest BCUT2D eigenvalue weighted by atomic mass is 16.5. The summed E-state index contributed by atoms with van der Waals surface area (Å²) in [7, 11) is 0.321. The van der Waals surface area contributed by atoms with Crippen molar-refractivity contribution in [2.45, 2.75) is 38.9 Å². The minimum atomic E-state index is -1.00. The Bertz CT molecular complexity index is 2130. The molecule has 0 amide bonds. The van der Waals surface area contributed by atoms with Gasteiger partial charge in [-0.2, -0.15) is 0 Å². The molecule has 5 heteroatoms. The topological polar surface area (TPSA) is 45.8 Å². The summed E-state index contributed by atoms with van der Waals surface area (Å²) in [5, 5.41) is 12.8. The first-order valence-electron chi connectivity index (χ1n) is 16.1. The van der Waals surface area contributed by atoms with Crippen LogP contribution in [0.5, 0.6) is 0 Å². The van der Waals surface area contributed by atoms with Crippen LogP contribution in [0.15, 0.2) is 150 Å². The molecule has 0 spiro atoms. The summed E-state index contributed by atoms with van der Waals surface area (Å²) < 4.78 is 12.7. The maximum absolute atomic E-state index is 10.7. The van der Waals surface area contributed by atoms with E-state index in [9.17, 15) is 5.11 Å². The van der Waals surface area contributed by atoms with Crippen LogP contribution in [-0.2, 0) is 4.65 Å². The van der Waals surface area contributed by atoms with Gasteiger partial charge in [0, 0.05) is 27.8 Å². The van der Waals surface area contributed by atoms with E-state index in [-0.39, 0.29) is 0 Å². The number of nitrogens with zero attached hydrogens (tertiary/aromatic N) is 1. The Labute approximate surface area is 277 Å². The van der Waals surface area contributed by atoms with E-state index in [2.05, 4.69) is 120 Å². The third-order valence-electron chi connectivity index (χ3n) is 9.35. The SMILES string of the molecule is CC(C)(O)C(C)(C)OBc1ccc(-c2ccc(N(c3ccccc3)c3ccc(-c4ccccc4)cc3)cc2)c2c1oc1ccccc12. The van der Waals surface area contributed by atoms with Crippen LogP contribution in [0.2, 0.25) is 0 Å². The molecule has 0 unspecified atom stereocenters. The monoisotopic (exact) mass is 615 g/mol. The number of para-hydroxylation sites is 2. The van der Waals surface area contributed by atoms with Gasteiger partial charge in [0.1, 0.15) is 11.2 Å². The molecule has 47 heavy (non-hydrogen) atoms. The van der Waals surface area contributed by atoms with Crippen molar-refractivity contribution in [1.82, 2.24) is 0 Å². The number of furan rings is 1. The van der Waals surface area contributed by atoms with Gasteiger partial charge in [0.15, 0.2) is 0 Å². The van der Waals surface area contributed by atoms with E-state index in [4.69, 9.17) is 9.07 Å². The molecule has 1 heterocycles. The number of fused-ring (bicyclic) bond motifs is 3. The number of anilines is 3. The predicted octanol–water partition coefficient (Wildman–Crippen LogP) is 9.93. The molecule has 7 rings (SSSR count). The zero-order chi connectivity index (χ0) is 32.6. The van der Waals surface area contributed by atoms with Gasteiger partial charge in [0.25, 0.3) is 0 Å². The molecule has 0 saturated heterocycles. The molecule has 4 nitrogen and oxygen atoms in total. The fraction of sp³-hybridized carbons (Fsp3) is 0.143. The highest BCUT2D eigenvalue weighted by Gasteiger charge is 2.36. The zero-order valence-electron chi connectivity index (χ0n) is 27.3. The van der Waals surface area contributed by atoms with E-state index < -0.39 is 11.2 Å². The third kappa shape index (κ3) is 5.96. The van der Waals surface area contributed by atoms with Gasteiger partial charge in [-0.25, -0.2) is 0 Å². The average Bonchev–Trinajstić information content (AvgIpc) is 3.49. The largest absolute Gasteiger partial charge is 0.457 e. The van der Waals surface area contributed by atoms with Crippen LogP contribution in [0.3, 0.4) is 0 Å².